The molecule has 0 fully saturated rings. The second kappa shape index (κ2) is 4.47. The molecule has 2 heteroatoms. The zero-order chi connectivity index (χ0) is 4.83. The van der Waals surface area contributed by atoms with Gasteiger partial charge in [-0.25, -0.2) is 0 Å². The van der Waals surface area contributed by atoms with Crippen molar-refractivity contribution in [3.05, 3.63) is 12.3 Å². The van der Waals surface area contributed by atoms with E-state index < -0.39 is 0 Å². The van der Waals surface area contributed by atoms with Crippen molar-refractivity contribution in [1.29, 1.82) is 0 Å². The van der Waals surface area contributed by atoms with Gasteiger partial charge in [-0.2, -0.15) is 0 Å². The smallest absolute Gasteiger partial charge is 0.132 e. The fourth-order valence-electron chi connectivity index (χ4n) is 0.133. The number of allylic oxidation sites excluding steroid dienone is 1. The van der Waals surface area contributed by atoms with E-state index in [0.717, 1.165) is 12.7 Å². The fraction of sp³-hybridized carbons (Fsp3) is 0.500. The highest BCUT2D eigenvalue weighted by Gasteiger charge is 1.62. The Balaban J connectivity index is 2.73. The lowest BCUT2D eigenvalue weighted by Gasteiger charge is -1.72. The summed E-state index contributed by atoms with van der Waals surface area (Å²) in [4.78, 5) is 3.10. The topological polar surface area (TPSA) is 9.23 Å². The molecule has 0 aromatic rings. The van der Waals surface area contributed by atoms with Crippen LogP contribution < -0.4 is 0 Å². The van der Waals surface area contributed by atoms with E-state index >= 15 is 0 Å². The Kier molecular flexibility index (Phi) is 4.08. The first-order valence-corrected chi connectivity index (χ1v) is 1.84. The Morgan fingerprint density at radius 3 is 2.67 bits per heavy atom. The first-order valence-electron chi connectivity index (χ1n) is 1.84. The Labute approximate surface area is 36.3 Å². The van der Waals surface area contributed by atoms with E-state index in [1.807, 2.05) is 6.92 Å². The lowest BCUT2D eigenvalue weighted by atomic mass is 10.5. The van der Waals surface area contributed by atoms with Gasteiger partial charge in [0.15, 0.2) is 0 Å². The molecule has 0 aliphatic rings. The van der Waals surface area contributed by atoms with Gasteiger partial charge in [-0.3, -0.25) is 0 Å². The van der Waals surface area contributed by atoms with Gasteiger partial charge < -0.3 is 4.94 Å². The quantitative estimate of drug-likeness (QED) is 0.470. The molecule has 0 radical (unpaired) electrons. The summed E-state index contributed by atoms with van der Waals surface area (Å²) in [5.41, 5.74) is 0. The molecule has 0 aliphatic carbocycles. The predicted molar refractivity (Wildman–Crippen MR) is 21.6 cm³/mol. The van der Waals surface area contributed by atoms with E-state index in [2.05, 4.69) is 4.94 Å². The van der Waals surface area contributed by atoms with Crippen LogP contribution in [0.5, 0.6) is 0 Å². The van der Waals surface area contributed by atoms with Crippen LogP contribution in [0.25, 0.3) is 0 Å². The second-order valence-electron chi connectivity index (χ2n) is 0.869. The largest absolute Gasteiger partial charge is 0.303 e. The van der Waals surface area contributed by atoms with Gasteiger partial charge in [-0.15, -0.1) is 0 Å². The minimum absolute atomic E-state index is 0.809. The van der Waals surface area contributed by atoms with Crippen LogP contribution in [0.1, 0.15) is 13.3 Å². The lowest BCUT2D eigenvalue weighted by molar-refractivity contribution is -0.0620. The molecule has 0 amide bonds. The summed E-state index contributed by atoms with van der Waals surface area (Å²) >= 11 is 0. The normalized spacial score (nSPS) is 9.67. The van der Waals surface area contributed by atoms with Crippen molar-refractivity contribution in [2.45, 2.75) is 13.3 Å². The van der Waals surface area contributed by atoms with Crippen molar-refractivity contribution < 1.29 is 9.47 Å². The predicted octanol–water partition coefficient (Wildman–Crippen LogP) is 1.81. The van der Waals surface area contributed by atoms with Gasteiger partial charge >= 0.3 is 0 Å². The highest BCUT2D eigenvalue weighted by molar-refractivity contribution is 4.68. The van der Waals surface area contributed by atoms with E-state index in [-0.39, 0.29) is 0 Å². The zero-order valence-electron chi connectivity index (χ0n) is 3.65. The lowest BCUT2D eigenvalue weighted by Crippen LogP contribution is -1.54. The summed E-state index contributed by atoms with van der Waals surface area (Å²) in [6.07, 6.45) is 3.41. The van der Waals surface area contributed by atoms with Gasteiger partial charge in [0.05, 0.1) is 0 Å². The fourth-order valence-corrected chi connectivity index (χ4v) is 0.133. The standard InChI is InChI=1S/C4H7FO/c1-2-3-4-6-5/h3-4H,2H2,1H3. The van der Waals surface area contributed by atoms with Crippen LogP contribution in [0.15, 0.2) is 12.3 Å². The maximum atomic E-state index is 10.6. The van der Waals surface area contributed by atoms with E-state index in [1.54, 1.807) is 6.08 Å². The van der Waals surface area contributed by atoms with Gasteiger partial charge in [0.2, 0.25) is 0 Å². The molecule has 0 saturated carbocycles. The average Bonchev–Trinajstić information content (AvgIpc) is 1.61. The summed E-state index contributed by atoms with van der Waals surface area (Å²) in [7, 11) is 0. The second-order valence-corrected chi connectivity index (χ2v) is 0.869. The third-order valence-corrected chi connectivity index (χ3v) is 0.383. The van der Waals surface area contributed by atoms with Gasteiger partial charge in [-0.05, 0) is 12.5 Å². The number of hydrogen-bond acceptors (Lipinski definition) is 1. The first-order chi connectivity index (χ1) is 2.91. The van der Waals surface area contributed by atoms with Crippen molar-refractivity contribution in [3.8, 4) is 0 Å². The summed E-state index contributed by atoms with van der Waals surface area (Å²) in [6.45, 7) is 1.90. The molecule has 1 nitrogen and oxygen atoms in total. The number of hydrogen-bond donors (Lipinski definition) is 0. The van der Waals surface area contributed by atoms with Crippen molar-refractivity contribution in [2.75, 3.05) is 0 Å². The Bertz CT molecular complexity index is 36.8. The molecule has 0 spiro atoms. The summed E-state index contributed by atoms with van der Waals surface area (Å²) < 4.78 is 10.6. The molecule has 0 aliphatic heterocycles. The van der Waals surface area contributed by atoms with Crippen molar-refractivity contribution in [2.24, 2.45) is 0 Å². The molecule has 0 aromatic heterocycles. The van der Waals surface area contributed by atoms with Gasteiger partial charge in [0, 0.05) is 4.53 Å². The number of rotatable bonds is 2. The molecule has 0 atom stereocenters. The molecule has 0 aromatic carbocycles. The molecule has 0 N–H and O–H groups in total. The third kappa shape index (κ3) is 3.47. The maximum absolute atomic E-state index is 10.6. The summed E-state index contributed by atoms with van der Waals surface area (Å²) in [6, 6.07) is 0. The molecular weight excluding hydrogens is 83.0 g/mol. The molecule has 0 rings (SSSR count). The minimum Gasteiger partial charge on any atom is -0.303 e. The highest BCUT2D eigenvalue weighted by Crippen LogP contribution is 1.79. The molecule has 0 heterocycles. The molecule has 6 heavy (non-hydrogen) atoms. The SMILES string of the molecule is CCC=COF. The van der Waals surface area contributed by atoms with E-state index in [0.29, 0.717) is 0 Å². The van der Waals surface area contributed by atoms with E-state index in [9.17, 15) is 4.53 Å². The van der Waals surface area contributed by atoms with Crippen LogP contribution in [-0.4, -0.2) is 0 Å². The van der Waals surface area contributed by atoms with Crippen LogP contribution in [0.3, 0.4) is 0 Å². The highest BCUT2D eigenvalue weighted by atomic mass is 19.3. The maximum Gasteiger partial charge on any atom is 0.132 e. The average molecular weight is 90.1 g/mol. The van der Waals surface area contributed by atoms with Crippen LogP contribution in [-0.2, 0) is 4.94 Å². The van der Waals surface area contributed by atoms with E-state index in [4.69, 9.17) is 0 Å². The van der Waals surface area contributed by atoms with Crippen LogP contribution in [0.2, 0.25) is 0 Å². The summed E-state index contributed by atoms with van der Waals surface area (Å²) in [5.74, 6) is 0. The molecule has 0 bridgehead atoms. The Hall–Kier alpha value is -0.530. The Morgan fingerprint density at radius 1 is 1.83 bits per heavy atom. The number of halogens is 1. The molecular formula is C4H7FO. The van der Waals surface area contributed by atoms with Gasteiger partial charge in [0.25, 0.3) is 0 Å². The van der Waals surface area contributed by atoms with Crippen LogP contribution >= 0.6 is 0 Å². The minimum atomic E-state index is 0.809. The zero-order valence-corrected chi connectivity index (χ0v) is 3.65. The summed E-state index contributed by atoms with van der Waals surface area (Å²) in [5, 5.41) is 0. The van der Waals surface area contributed by atoms with Gasteiger partial charge in [-0.1, -0.05) is 6.92 Å². The molecule has 36 valence electrons. The van der Waals surface area contributed by atoms with Crippen LogP contribution in [0.4, 0.5) is 4.53 Å². The van der Waals surface area contributed by atoms with Crippen molar-refractivity contribution in [1.82, 2.24) is 0 Å². The third-order valence-electron chi connectivity index (χ3n) is 0.383. The van der Waals surface area contributed by atoms with Crippen LogP contribution in [0, 0.1) is 0 Å². The van der Waals surface area contributed by atoms with E-state index in [1.165, 1.54) is 0 Å². The van der Waals surface area contributed by atoms with Crippen molar-refractivity contribution in [3.63, 3.8) is 0 Å². The Morgan fingerprint density at radius 2 is 2.50 bits per heavy atom. The molecule has 0 unspecified atom stereocenters. The van der Waals surface area contributed by atoms with Gasteiger partial charge in [0.1, 0.15) is 6.26 Å². The monoisotopic (exact) mass is 90.0 g/mol. The molecule has 0 saturated heterocycles. The first kappa shape index (κ1) is 5.47. The van der Waals surface area contributed by atoms with Crippen molar-refractivity contribution >= 4 is 0 Å².